The second kappa shape index (κ2) is 11.6. The zero-order chi connectivity index (χ0) is 18.7. The summed E-state index contributed by atoms with van der Waals surface area (Å²) in [5.74, 6) is -0.153. The van der Waals surface area contributed by atoms with Gasteiger partial charge in [0, 0.05) is 12.9 Å². The normalized spacial score (nSPS) is 14.7. The van der Waals surface area contributed by atoms with Gasteiger partial charge in [-0.05, 0) is 29.1 Å². The average molecular weight is 394 g/mol. The number of rotatable bonds is 12. The van der Waals surface area contributed by atoms with Crippen molar-refractivity contribution in [1.82, 2.24) is 0 Å². The van der Waals surface area contributed by atoms with E-state index in [1.54, 1.807) is 24.3 Å². The number of ether oxygens (including phenoxy) is 2. The molecule has 25 heavy (non-hydrogen) atoms. The van der Waals surface area contributed by atoms with E-state index in [2.05, 4.69) is 4.74 Å². The van der Waals surface area contributed by atoms with Gasteiger partial charge < -0.3 is 19.7 Å². The van der Waals surface area contributed by atoms with E-state index in [0.717, 1.165) is 16.9 Å². The van der Waals surface area contributed by atoms with Crippen LogP contribution in [0.1, 0.15) is 15.9 Å². The minimum atomic E-state index is -3.62. The Hall–Kier alpha value is -0.930. The molecule has 0 heterocycles. The Kier molecular flexibility index (Phi) is 10.3. The number of benzene rings is 1. The van der Waals surface area contributed by atoms with Crippen LogP contribution in [-0.2, 0) is 28.8 Å². The Labute approximate surface area is 150 Å². The van der Waals surface area contributed by atoms with Gasteiger partial charge in [-0.1, -0.05) is 12.1 Å². The number of carbonyl (C=O) groups is 1. The second-order valence-corrected chi connectivity index (χ2v) is 8.86. The van der Waals surface area contributed by atoms with Crippen molar-refractivity contribution in [2.24, 2.45) is 0 Å². The topological polar surface area (TPSA) is 112 Å². The average Bonchev–Trinajstić information content (AvgIpc) is 2.64. The maximum atomic E-state index is 12.8. The molecule has 0 radical (unpaired) electrons. The van der Waals surface area contributed by atoms with Crippen molar-refractivity contribution in [1.29, 1.82) is 0 Å². The summed E-state index contributed by atoms with van der Waals surface area (Å²) in [6.45, 7) is -4.41. The maximum Gasteiger partial charge on any atom is 0.389 e. The Morgan fingerprint density at radius 2 is 1.92 bits per heavy atom. The van der Waals surface area contributed by atoms with Gasteiger partial charge in [0.15, 0.2) is 0 Å². The lowest BCUT2D eigenvalue weighted by atomic mass is 10.1. The Morgan fingerprint density at radius 1 is 1.24 bits per heavy atom. The van der Waals surface area contributed by atoms with Crippen molar-refractivity contribution < 1.29 is 38.1 Å². The molecule has 2 N–H and O–H groups in total. The lowest BCUT2D eigenvalue weighted by Gasteiger charge is -2.22. The third-order valence-corrected chi connectivity index (χ3v) is 6.68. The molecule has 0 aliphatic rings. The third-order valence-electron chi connectivity index (χ3n) is 2.94. The van der Waals surface area contributed by atoms with Crippen molar-refractivity contribution in [2.75, 3.05) is 40.6 Å². The molecular formula is C15H23O8PS. The van der Waals surface area contributed by atoms with Crippen molar-refractivity contribution in [3.63, 3.8) is 0 Å². The minimum absolute atomic E-state index is 0.0529. The standard InChI is InChI=1S/C15H23O8PS/c1-20-10-14(9-17)23-24(19,22-8-7-16)25-11-12-3-5-13(6-4-12)15(18)21-2/h3-6,14,16-17H,7-11H2,1-2H3. The maximum absolute atomic E-state index is 12.8. The van der Waals surface area contributed by atoms with Gasteiger partial charge in [0.25, 0.3) is 0 Å². The number of carbonyl (C=O) groups excluding carboxylic acids is 1. The Morgan fingerprint density at radius 3 is 2.44 bits per heavy atom. The summed E-state index contributed by atoms with van der Waals surface area (Å²) >= 11 is 0.924. The Bertz CT molecular complexity index is 565. The molecular weight excluding hydrogens is 371 g/mol. The van der Waals surface area contributed by atoms with Crippen LogP contribution in [0, 0.1) is 0 Å². The lowest BCUT2D eigenvalue weighted by Crippen LogP contribution is -2.22. The molecule has 0 amide bonds. The van der Waals surface area contributed by atoms with Crippen LogP contribution in [0.5, 0.6) is 0 Å². The van der Waals surface area contributed by atoms with Crippen molar-refractivity contribution in [3.05, 3.63) is 35.4 Å². The summed E-state index contributed by atoms with van der Waals surface area (Å²) in [7, 11) is 2.73. The summed E-state index contributed by atoms with van der Waals surface area (Å²) in [6, 6.07) is 6.61. The fourth-order valence-electron chi connectivity index (χ4n) is 1.74. The van der Waals surface area contributed by atoms with E-state index < -0.39 is 18.9 Å². The molecule has 8 nitrogen and oxygen atoms in total. The molecule has 10 heteroatoms. The number of esters is 1. The van der Waals surface area contributed by atoms with E-state index in [1.165, 1.54) is 14.2 Å². The molecule has 2 atom stereocenters. The Balaban J connectivity index is 2.74. The van der Waals surface area contributed by atoms with Gasteiger partial charge in [-0.3, -0.25) is 9.05 Å². The van der Waals surface area contributed by atoms with Crippen LogP contribution >= 0.6 is 18.2 Å². The van der Waals surface area contributed by atoms with Gasteiger partial charge in [-0.15, -0.1) is 0 Å². The molecule has 1 aromatic rings. The zero-order valence-electron chi connectivity index (χ0n) is 14.1. The fraction of sp³-hybridized carbons (Fsp3) is 0.533. The van der Waals surface area contributed by atoms with Crippen LogP contribution in [0.2, 0.25) is 0 Å². The highest BCUT2D eigenvalue weighted by molar-refractivity contribution is 8.54. The molecule has 1 rings (SSSR count). The molecule has 142 valence electrons. The number of aliphatic hydroxyl groups is 2. The van der Waals surface area contributed by atoms with E-state index >= 15 is 0 Å². The monoisotopic (exact) mass is 394 g/mol. The molecule has 0 aromatic heterocycles. The first-order valence-electron chi connectivity index (χ1n) is 7.43. The van der Waals surface area contributed by atoms with Crippen LogP contribution in [0.4, 0.5) is 0 Å². The first kappa shape index (κ1) is 22.1. The summed E-state index contributed by atoms with van der Waals surface area (Å²) in [5.41, 5.74) is 1.20. The molecule has 0 saturated carbocycles. The molecule has 1 aromatic carbocycles. The molecule has 0 aliphatic carbocycles. The van der Waals surface area contributed by atoms with Gasteiger partial charge >= 0.3 is 12.8 Å². The fourth-order valence-corrected chi connectivity index (χ4v) is 5.15. The van der Waals surface area contributed by atoms with Crippen LogP contribution in [0.3, 0.4) is 0 Å². The van der Waals surface area contributed by atoms with E-state index in [-0.39, 0.29) is 32.2 Å². The second-order valence-electron chi connectivity index (χ2n) is 4.83. The van der Waals surface area contributed by atoms with Crippen molar-refractivity contribution in [2.45, 2.75) is 11.9 Å². The van der Waals surface area contributed by atoms with Gasteiger partial charge in [0.05, 0.1) is 39.1 Å². The SMILES string of the molecule is COCC(CO)OP(=O)(OCCO)SCc1ccc(C(=O)OC)cc1. The number of aliphatic hydroxyl groups excluding tert-OH is 2. The molecule has 2 unspecified atom stereocenters. The molecule has 0 aliphatic heterocycles. The van der Waals surface area contributed by atoms with Crippen LogP contribution < -0.4 is 0 Å². The minimum Gasteiger partial charge on any atom is -0.465 e. The molecule has 0 saturated heterocycles. The quantitative estimate of drug-likeness (QED) is 0.405. The van der Waals surface area contributed by atoms with E-state index in [4.69, 9.17) is 18.9 Å². The predicted octanol–water partition coefficient (Wildman–Crippen LogP) is 1.85. The highest BCUT2D eigenvalue weighted by atomic mass is 32.7. The molecule has 0 fully saturated rings. The van der Waals surface area contributed by atoms with Gasteiger partial charge in [-0.2, -0.15) is 0 Å². The zero-order valence-corrected chi connectivity index (χ0v) is 15.8. The number of hydrogen-bond acceptors (Lipinski definition) is 9. The van der Waals surface area contributed by atoms with Crippen molar-refractivity contribution >= 4 is 24.1 Å². The van der Waals surface area contributed by atoms with E-state index in [9.17, 15) is 14.5 Å². The lowest BCUT2D eigenvalue weighted by molar-refractivity contribution is 0.0318. The summed E-state index contributed by atoms with van der Waals surface area (Å²) in [4.78, 5) is 11.4. The van der Waals surface area contributed by atoms with Crippen LogP contribution in [0.15, 0.2) is 24.3 Å². The first-order valence-corrected chi connectivity index (χ1v) is 10.6. The van der Waals surface area contributed by atoms with Crippen molar-refractivity contribution in [3.8, 4) is 0 Å². The number of hydrogen-bond donors (Lipinski definition) is 2. The summed E-state index contributed by atoms with van der Waals surface area (Å²) in [5, 5.41) is 18.1. The molecule has 0 spiro atoms. The third kappa shape index (κ3) is 7.87. The largest absolute Gasteiger partial charge is 0.465 e. The van der Waals surface area contributed by atoms with E-state index in [0.29, 0.717) is 5.56 Å². The number of methoxy groups -OCH3 is 2. The van der Waals surface area contributed by atoms with E-state index in [1.807, 2.05) is 0 Å². The van der Waals surface area contributed by atoms with Crippen LogP contribution in [0.25, 0.3) is 0 Å². The molecule has 0 bridgehead atoms. The van der Waals surface area contributed by atoms with Gasteiger partial charge in [0.2, 0.25) is 0 Å². The van der Waals surface area contributed by atoms with Crippen LogP contribution in [-0.4, -0.2) is 62.9 Å². The predicted molar refractivity (Wildman–Crippen MR) is 93.6 cm³/mol. The summed E-state index contributed by atoms with van der Waals surface area (Å²) < 4.78 is 32.8. The summed E-state index contributed by atoms with van der Waals surface area (Å²) in [6.07, 6.45) is -0.802. The highest BCUT2D eigenvalue weighted by Gasteiger charge is 2.30. The van der Waals surface area contributed by atoms with Gasteiger partial charge in [0.1, 0.15) is 6.10 Å². The van der Waals surface area contributed by atoms with Gasteiger partial charge in [-0.25, -0.2) is 9.36 Å². The first-order chi connectivity index (χ1) is 12.0. The highest BCUT2D eigenvalue weighted by Crippen LogP contribution is 2.62. The smallest absolute Gasteiger partial charge is 0.389 e.